The van der Waals surface area contributed by atoms with Crippen LogP contribution in [-0.4, -0.2) is 34.7 Å². The fraction of sp³-hybridized carbons (Fsp3) is 0.370. The van der Waals surface area contributed by atoms with E-state index in [1.54, 1.807) is 13.2 Å². The summed E-state index contributed by atoms with van der Waals surface area (Å²) in [6.07, 6.45) is 6.87. The molecule has 1 aromatic carbocycles. The summed E-state index contributed by atoms with van der Waals surface area (Å²) in [7, 11) is 1.55. The molecule has 0 bridgehead atoms. The number of hydrogen-bond acceptors (Lipinski definition) is 9. The molecule has 1 fully saturated rings. The lowest BCUT2D eigenvalue weighted by Crippen LogP contribution is -2.38. The predicted octanol–water partition coefficient (Wildman–Crippen LogP) is 4.59. The summed E-state index contributed by atoms with van der Waals surface area (Å²) in [6, 6.07) is 7.41. The molecule has 2 aromatic heterocycles. The summed E-state index contributed by atoms with van der Waals surface area (Å²) in [4.78, 5) is 8.29. The number of methoxy groups -OCH3 is 1. The number of pyridine rings is 2. The lowest BCUT2D eigenvalue weighted by Gasteiger charge is -2.23. The molecule has 1 atom stereocenters. The van der Waals surface area contributed by atoms with E-state index in [0.717, 1.165) is 12.8 Å². The first-order valence-electron chi connectivity index (χ1n) is 12.7. The van der Waals surface area contributed by atoms with E-state index < -0.39 is 12.0 Å². The van der Waals surface area contributed by atoms with E-state index in [0.29, 0.717) is 57.4 Å². The van der Waals surface area contributed by atoms with Gasteiger partial charge in [0.05, 0.1) is 31.4 Å². The number of nitrogens with one attached hydrogen (secondary N) is 4. The molecular weight excluding hydrogens is 471 g/mol. The SMILES string of the molecule is [2H]C(Nc1cc(OC)c2ncc(C#N)c(NCC(C)(C)C)c2c1)(C1=CN(C2CC2)NN1)c1ccc(F)nc1. The van der Waals surface area contributed by atoms with Crippen molar-refractivity contribution in [1.29, 1.82) is 5.26 Å². The number of benzene rings is 1. The van der Waals surface area contributed by atoms with Crippen LogP contribution in [0, 0.1) is 22.7 Å². The molecule has 0 spiro atoms. The predicted molar refractivity (Wildman–Crippen MR) is 141 cm³/mol. The highest BCUT2D eigenvalue weighted by atomic mass is 19.1. The van der Waals surface area contributed by atoms with Crippen molar-refractivity contribution in [3.63, 3.8) is 0 Å². The van der Waals surface area contributed by atoms with Crippen molar-refractivity contribution in [2.45, 2.75) is 45.7 Å². The van der Waals surface area contributed by atoms with Crippen LogP contribution in [-0.2, 0) is 0 Å². The molecule has 0 radical (unpaired) electrons. The molecule has 3 heterocycles. The van der Waals surface area contributed by atoms with Crippen LogP contribution in [0.4, 0.5) is 15.8 Å². The molecule has 1 saturated carbocycles. The van der Waals surface area contributed by atoms with Gasteiger partial charge in [-0.15, -0.1) is 5.53 Å². The van der Waals surface area contributed by atoms with Gasteiger partial charge in [-0.3, -0.25) is 9.99 Å². The van der Waals surface area contributed by atoms with Crippen LogP contribution >= 0.6 is 0 Å². The van der Waals surface area contributed by atoms with Crippen molar-refractivity contribution in [2.75, 3.05) is 24.3 Å². The third-order valence-electron chi connectivity index (χ3n) is 6.16. The average molecular weight is 504 g/mol. The van der Waals surface area contributed by atoms with Crippen molar-refractivity contribution in [2.24, 2.45) is 5.41 Å². The van der Waals surface area contributed by atoms with Crippen molar-refractivity contribution in [3.05, 3.63) is 65.6 Å². The highest BCUT2D eigenvalue weighted by molar-refractivity contribution is 5.99. The van der Waals surface area contributed by atoms with E-state index in [1.165, 1.54) is 24.5 Å². The molecule has 37 heavy (non-hydrogen) atoms. The second-order valence-electron chi connectivity index (χ2n) is 10.4. The zero-order chi connectivity index (χ0) is 27.1. The maximum Gasteiger partial charge on any atom is 0.212 e. The minimum absolute atomic E-state index is 0.0325. The zero-order valence-corrected chi connectivity index (χ0v) is 21.3. The summed E-state index contributed by atoms with van der Waals surface area (Å²) in [6.45, 7) is 6.95. The summed E-state index contributed by atoms with van der Waals surface area (Å²) < 4.78 is 28.9. The van der Waals surface area contributed by atoms with Crippen LogP contribution in [0.1, 0.15) is 52.1 Å². The molecule has 1 aliphatic carbocycles. The van der Waals surface area contributed by atoms with Gasteiger partial charge in [0.25, 0.3) is 0 Å². The van der Waals surface area contributed by atoms with E-state index in [2.05, 4.69) is 58.4 Å². The molecule has 192 valence electrons. The zero-order valence-electron chi connectivity index (χ0n) is 22.3. The lowest BCUT2D eigenvalue weighted by molar-refractivity contribution is 0.260. The molecule has 1 unspecified atom stereocenters. The van der Waals surface area contributed by atoms with Crippen LogP contribution in [0.15, 0.2) is 48.6 Å². The van der Waals surface area contributed by atoms with Gasteiger partial charge in [0.2, 0.25) is 5.95 Å². The van der Waals surface area contributed by atoms with Crippen molar-refractivity contribution in [1.82, 2.24) is 25.9 Å². The Hall–Kier alpha value is -4.10. The lowest BCUT2D eigenvalue weighted by atomic mass is 9.96. The van der Waals surface area contributed by atoms with Crippen LogP contribution in [0.5, 0.6) is 5.75 Å². The summed E-state index contributed by atoms with van der Waals surface area (Å²) in [5.41, 5.74) is 9.33. The molecule has 10 heteroatoms. The minimum Gasteiger partial charge on any atom is -0.494 e. The van der Waals surface area contributed by atoms with Crippen LogP contribution in [0.25, 0.3) is 10.9 Å². The normalized spacial score (nSPS) is 17.4. The quantitative estimate of drug-likeness (QED) is 0.328. The molecule has 5 rings (SSSR count). The third-order valence-corrected chi connectivity index (χ3v) is 6.16. The Morgan fingerprint density at radius 3 is 2.76 bits per heavy atom. The summed E-state index contributed by atoms with van der Waals surface area (Å²) >= 11 is 0. The van der Waals surface area contributed by atoms with Gasteiger partial charge in [-0.25, -0.2) is 4.98 Å². The van der Waals surface area contributed by atoms with Crippen LogP contribution in [0.3, 0.4) is 0 Å². The van der Waals surface area contributed by atoms with Gasteiger partial charge >= 0.3 is 0 Å². The molecular formula is C27H31FN8O. The fourth-order valence-electron chi connectivity index (χ4n) is 4.09. The molecule has 0 saturated heterocycles. The number of nitriles is 1. The molecule has 9 nitrogen and oxygen atoms in total. The Morgan fingerprint density at radius 2 is 2.11 bits per heavy atom. The first kappa shape index (κ1) is 23.3. The first-order chi connectivity index (χ1) is 18.1. The number of aromatic nitrogens is 2. The molecule has 0 amide bonds. The number of rotatable bonds is 8. The monoisotopic (exact) mass is 503 g/mol. The van der Waals surface area contributed by atoms with Crippen molar-refractivity contribution >= 4 is 22.3 Å². The van der Waals surface area contributed by atoms with Crippen LogP contribution in [0.2, 0.25) is 0 Å². The van der Waals surface area contributed by atoms with E-state index in [1.807, 2.05) is 17.3 Å². The number of hydrazine groups is 2. The van der Waals surface area contributed by atoms with Gasteiger partial charge < -0.3 is 20.8 Å². The Kier molecular flexibility index (Phi) is 6.14. The molecule has 3 aromatic rings. The second kappa shape index (κ2) is 9.75. The first-order valence-corrected chi connectivity index (χ1v) is 12.2. The maximum absolute atomic E-state index is 13.7. The average Bonchev–Trinajstić information content (AvgIpc) is 3.62. The smallest absolute Gasteiger partial charge is 0.212 e. The van der Waals surface area contributed by atoms with Gasteiger partial charge in [0, 0.05) is 48.3 Å². The van der Waals surface area contributed by atoms with Gasteiger partial charge in [-0.2, -0.15) is 9.65 Å². The topological polar surface area (TPSA) is 110 Å². The van der Waals surface area contributed by atoms with E-state index >= 15 is 0 Å². The largest absolute Gasteiger partial charge is 0.494 e. The van der Waals surface area contributed by atoms with E-state index in [9.17, 15) is 11.0 Å². The third kappa shape index (κ3) is 5.37. The minimum atomic E-state index is -1.56. The molecule has 2 aliphatic rings. The fourth-order valence-corrected chi connectivity index (χ4v) is 4.09. The van der Waals surface area contributed by atoms with E-state index in [-0.39, 0.29) is 5.41 Å². The highest BCUT2D eigenvalue weighted by Crippen LogP contribution is 2.38. The van der Waals surface area contributed by atoms with Crippen molar-refractivity contribution < 1.29 is 10.5 Å². The second-order valence-corrected chi connectivity index (χ2v) is 10.4. The summed E-state index contributed by atoms with van der Waals surface area (Å²) in [5, 5.41) is 19.2. The number of ether oxygens (including phenoxy) is 1. The number of hydrogen-bond donors (Lipinski definition) is 4. The Morgan fingerprint density at radius 1 is 1.30 bits per heavy atom. The van der Waals surface area contributed by atoms with Gasteiger partial charge in [0.1, 0.15) is 17.3 Å². The Balaban J connectivity index is 1.62. The number of fused-ring (bicyclic) bond motifs is 1. The summed E-state index contributed by atoms with van der Waals surface area (Å²) in [5.74, 6) is -0.141. The van der Waals surface area contributed by atoms with Crippen LogP contribution < -0.4 is 26.3 Å². The molecule has 1 aliphatic heterocycles. The number of anilines is 2. The molecule has 4 N–H and O–H groups in total. The number of halogens is 1. The van der Waals surface area contributed by atoms with E-state index in [4.69, 9.17) is 4.74 Å². The number of nitrogens with zero attached hydrogens (tertiary/aromatic N) is 4. The van der Waals surface area contributed by atoms with Gasteiger partial charge in [-0.1, -0.05) is 26.8 Å². The maximum atomic E-state index is 13.7. The highest BCUT2D eigenvalue weighted by Gasteiger charge is 2.32. The standard InChI is InChI=1S/C27H31FN8O/c1-27(2,3)15-32-24-17(11-29)13-31-26-20(24)9-18(10-22(26)37-4)33-25(16-5-8-23(28)30-12-16)21-14-36(35-34-21)19-6-7-19/h5,8-10,12-14,19,25,33-35H,6-7,15H2,1-4H3,(H,31,32)/i25D. The Bertz CT molecular complexity index is 1430. The van der Waals surface area contributed by atoms with Gasteiger partial charge in [0.15, 0.2) is 0 Å². The van der Waals surface area contributed by atoms with Crippen molar-refractivity contribution in [3.8, 4) is 11.8 Å². The Labute approximate surface area is 217 Å². The van der Waals surface area contributed by atoms with Gasteiger partial charge in [-0.05, 0) is 36.0 Å².